The van der Waals surface area contributed by atoms with Gasteiger partial charge in [0.2, 0.25) is 5.75 Å². The number of hydrogen-bond acceptors (Lipinski definition) is 5. The molecule has 0 radical (unpaired) electrons. The van der Waals surface area contributed by atoms with E-state index in [1.54, 1.807) is 18.2 Å². The van der Waals surface area contributed by atoms with Crippen molar-refractivity contribution in [2.75, 3.05) is 26.6 Å². The van der Waals surface area contributed by atoms with E-state index in [-0.39, 0.29) is 5.91 Å². The maximum Gasteiger partial charge on any atom is 0.274 e. The summed E-state index contributed by atoms with van der Waals surface area (Å²) < 4.78 is 15.9. The molecule has 3 aromatic rings. The number of carbonyl (C=O) groups is 1. The molecule has 25 heavy (non-hydrogen) atoms. The average molecular weight is 338 g/mol. The number of aromatic nitrogens is 1. The molecule has 1 amide bonds. The normalized spacial score (nSPS) is 10.4. The minimum Gasteiger partial charge on any atom is -0.493 e. The number of benzene rings is 2. The Morgan fingerprint density at radius 2 is 1.60 bits per heavy atom. The maximum atomic E-state index is 12.5. The lowest BCUT2D eigenvalue weighted by atomic mass is 10.2. The Bertz CT molecular complexity index is 899. The Kier molecular flexibility index (Phi) is 4.70. The highest BCUT2D eigenvalue weighted by Crippen LogP contribution is 2.40. The van der Waals surface area contributed by atoms with Crippen LogP contribution in [0.5, 0.6) is 17.2 Å². The zero-order valence-electron chi connectivity index (χ0n) is 14.2. The zero-order valence-corrected chi connectivity index (χ0v) is 14.2. The van der Waals surface area contributed by atoms with Crippen molar-refractivity contribution in [3.8, 4) is 17.2 Å². The highest BCUT2D eigenvalue weighted by atomic mass is 16.5. The average Bonchev–Trinajstić information content (AvgIpc) is 2.66. The minimum atomic E-state index is -0.319. The number of rotatable bonds is 5. The highest BCUT2D eigenvalue weighted by Gasteiger charge is 2.15. The van der Waals surface area contributed by atoms with Gasteiger partial charge >= 0.3 is 0 Å². The Morgan fingerprint density at radius 1 is 0.920 bits per heavy atom. The van der Waals surface area contributed by atoms with E-state index in [0.29, 0.717) is 28.6 Å². The molecule has 0 aliphatic heterocycles. The fraction of sp³-hybridized carbons (Fsp3) is 0.158. The molecule has 3 rings (SSSR count). The van der Waals surface area contributed by atoms with Crippen LogP contribution in [0.3, 0.4) is 0 Å². The maximum absolute atomic E-state index is 12.5. The summed E-state index contributed by atoms with van der Waals surface area (Å²) in [5.74, 6) is 1.07. The third-order valence-corrected chi connectivity index (χ3v) is 3.75. The molecule has 128 valence electrons. The first-order valence-electron chi connectivity index (χ1n) is 7.63. The van der Waals surface area contributed by atoms with Gasteiger partial charge in [-0.3, -0.25) is 4.79 Å². The third-order valence-electron chi connectivity index (χ3n) is 3.75. The first-order chi connectivity index (χ1) is 12.2. The van der Waals surface area contributed by atoms with Gasteiger partial charge < -0.3 is 19.5 Å². The van der Waals surface area contributed by atoms with E-state index >= 15 is 0 Å². The standard InChI is InChI=1S/C19H18N2O4/c1-23-16-10-13(11-17(24-2)18(16)25-3)20-19(22)15-9-8-12-6-4-5-7-14(12)21-15/h4-11H,1-3H3,(H,20,22). The summed E-state index contributed by atoms with van der Waals surface area (Å²) in [7, 11) is 4.57. The second-order valence-corrected chi connectivity index (χ2v) is 5.26. The smallest absolute Gasteiger partial charge is 0.274 e. The first-order valence-corrected chi connectivity index (χ1v) is 7.63. The number of carbonyl (C=O) groups excluding carboxylic acids is 1. The van der Waals surface area contributed by atoms with Crippen LogP contribution in [-0.4, -0.2) is 32.2 Å². The Balaban J connectivity index is 1.91. The van der Waals surface area contributed by atoms with Crippen molar-refractivity contribution in [2.24, 2.45) is 0 Å². The molecule has 0 fully saturated rings. The van der Waals surface area contributed by atoms with Crippen LogP contribution in [0.2, 0.25) is 0 Å². The molecular formula is C19H18N2O4. The fourth-order valence-corrected chi connectivity index (χ4v) is 2.54. The van der Waals surface area contributed by atoms with E-state index in [1.807, 2.05) is 30.3 Å². The number of fused-ring (bicyclic) bond motifs is 1. The number of nitrogens with zero attached hydrogens (tertiary/aromatic N) is 1. The second-order valence-electron chi connectivity index (χ2n) is 5.26. The molecule has 1 heterocycles. The van der Waals surface area contributed by atoms with Crippen LogP contribution >= 0.6 is 0 Å². The van der Waals surface area contributed by atoms with E-state index in [2.05, 4.69) is 10.3 Å². The molecule has 0 bridgehead atoms. The molecular weight excluding hydrogens is 320 g/mol. The molecule has 6 heteroatoms. The fourth-order valence-electron chi connectivity index (χ4n) is 2.54. The Morgan fingerprint density at radius 3 is 2.24 bits per heavy atom. The van der Waals surface area contributed by atoms with E-state index in [4.69, 9.17) is 14.2 Å². The predicted octanol–water partition coefficient (Wildman–Crippen LogP) is 3.51. The summed E-state index contributed by atoms with van der Waals surface area (Å²) >= 11 is 0. The summed E-state index contributed by atoms with van der Waals surface area (Å²) in [6.07, 6.45) is 0. The van der Waals surface area contributed by atoms with Crippen LogP contribution in [0.15, 0.2) is 48.5 Å². The number of anilines is 1. The van der Waals surface area contributed by atoms with Crippen LogP contribution in [0.25, 0.3) is 10.9 Å². The van der Waals surface area contributed by atoms with Gasteiger partial charge in [-0.2, -0.15) is 0 Å². The summed E-state index contributed by atoms with van der Waals surface area (Å²) in [5, 5.41) is 3.79. The monoisotopic (exact) mass is 338 g/mol. The SMILES string of the molecule is COc1cc(NC(=O)c2ccc3ccccc3n2)cc(OC)c1OC. The Hall–Kier alpha value is -3.28. The number of para-hydroxylation sites is 1. The largest absolute Gasteiger partial charge is 0.493 e. The molecule has 1 aromatic heterocycles. The minimum absolute atomic E-state index is 0.319. The number of amides is 1. The first kappa shape index (κ1) is 16.6. The molecule has 0 saturated carbocycles. The van der Waals surface area contributed by atoms with Gasteiger partial charge in [-0.15, -0.1) is 0 Å². The van der Waals surface area contributed by atoms with E-state index in [0.717, 1.165) is 10.9 Å². The van der Waals surface area contributed by atoms with Crippen LogP contribution in [0.4, 0.5) is 5.69 Å². The van der Waals surface area contributed by atoms with Gasteiger partial charge in [-0.1, -0.05) is 24.3 Å². The predicted molar refractivity (Wildman–Crippen MR) is 95.8 cm³/mol. The van der Waals surface area contributed by atoms with Crippen molar-refractivity contribution >= 4 is 22.5 Å². The lowest BCUT2D eigenvalue weighted by Crippen LogP contribution is -2.14. The Labute approximate surface area is 145 Å². The van der Waals surface area contributed by atoms with Crippen molar-refractivity contribution in [2.45, 2.75) is 0 Å². The van der Waals surface area contributed by atoms with Crippen molar-refractivity contribution in [3.05, 3.63) is 54.2 Å². The van der Waals surface area contributed by atoms with E-state index in [9.17, 15) is 4.79 Å². The van der Waals surface area contributed by atoms with Gasteiger partial charge in [0.15, 0.2) is 11.5 Å². The number of pyridine rings is 1. The summed E-state index contributed by atoms with van der Waals surface area (Å²) in [6, 6.07) is 14.5. The van der Waals surface area contributed by atoms with Crippen molar-refractivity contribution in [3.63, 3.8) is 0 Å². The van der Waals surface area contributed by atoms with Crippen molar-refractivity contribution in [1.29, 1.82) is 0 Å². The van der Waals surface area contributed by atoms with Gasteiger partial charge in [-0.05, 0) is 12.1 Å². The molecule has 0 unspecified atom stereocenters. The molecule has 0 spiro atoms. The van der Waals surface area contributed by atoms with Gasteiger partial charge in [0.1, 0.15) is 5.69 Å². The highest BCUT2D eigenvalue weighted by molar-refractivity contribution is 6.04. The van der Waals surface area contributed by atoms with Crippen LogP contribution in [-0.2, 0) is 0 Å². The molecule has 0 aliphatic carbocycles. The van der Waals surface area contributed by atoms with Crippen LogP contribution < -0.4 is 19.5 Å². The van der Waals surface area contributed by atoms with Gasteiger partial charge in [0.25, 0.3) is 5.91 Å². The van der Waals surface area contributed by atoms with Gasteiger partial charge in [-0.25, -0.2) is 4.98 Å². The quantitative estimate of drug-likeness (QED) is 0.771. The molecule has 0 aliphatic rings. The van der Waals surface area contributed by atoms with Crippen molar-refractivity contribution in [1.82, 2.24) is 4.98 Å². The van der Waals surface area contributed by atoms with Crippen LogP contribution in [0.1, 0.15) is 10.5 Å². The lowest BCUT2D eigenvalue weighted by Gasteiger charge is -2.14. The van der Waals surface area contributed by atoms with Gasteiger partial charge in [0, 0.05) is 23.2 Å². The number of methoxy groups -OCH3 is 3. The van der Waals surface area contributed by atoms with Gasteiger partial charge in [0.05, 0.1) is 26.8 Å². The summed E-state index contributed by atoms with van der Waals surface area (Å²) in [5.41, 5.74) is 1.61. The number of hydrogen-bond donors (Lipinski definition) is 1. The lowest BCUT2D eigenvalue weighted by molar-refractivity contribution is 0.102. The summed E-state index contributed by atoms with van der Waals surface area (Å²) in [6.45, 7) is 0. The number of nitrogens with one attached hydrogen (secondary N) is 1. The van der Waals surface area contributed by atoms with Crippen molar-refractivity contribution < 1.29 is 19.0 Å². The molecule has 0 atom stereocenters. The molecule has 1 N–H and O–H groups in total. The third kappa shape index (κ3) is 3.33. The zero-order chi connectivity index (χ0) is 17.8. The summed E-state index contributed by atoms with van der Waals surface area (Å²) in [4.78, 5) is 16.9. The van der Waals surface area contributed by atoms with E-state index in [1.165, 1.54) is 21.3 Å². The molecule has 0 saturated heterocycles. The van der Waals surface area contributed by atoms with E-state index < -0.39 is 0 Å². The molecule has 6 nitrogen and oxygen atoms in total. The second kappa shape index (κ2) is 7.09. The topological polar surface area (TPSA) is 69.7 Å². The number of ether oxygens (including phenoxy) is 3. The molecule has 2 aromatic carbocycles. The van der Waals surface area contributed by atoms with Crippen LogP contribution in [0, 0.1) is 0 Å².